The molecule has 3 aromatic rings. The zero-order valence-electron chi connectivity index (χ0n) is 21.2. The molecular formula is C26H26Cl2N6O6. The fourth-order valence-electron chi connectivity index (χ4n) is 4.34. The Morgan fingerprint density at radius 1 is 1.07 bits per heavy atom. The molecule has 4 rings (SSSR count). The third-order valence-electron chi connectivity index (χ3n) is 6.39. The number of nitrogens with one attached hydrogen (secondary N) is 1. The van der Waals surface area contributed by atoms with Gasteiger partial charge in [0.05, 0.1) is 12.5 Å². The van der Waals surface area contributed by atoms with E-state index in [4.69, 9.17) is 27.9 Å². The van der Waals surface area contributed by atoms with Crippen LogP contribution in [0.4, 0.5) is 4.79 Å². The lowest BCUT2D eigenvalue weighted by atomic mass is 10.1. The molecule has 1 saturated heterocycles. The number of hydrogen-bond donors (Lipinski definition) is 2. The number of carbonyl (C=O) groups is 4. The molecule has 0 aliphatic carbocycles. The van der Waals surface area contributed by atoms with Gasteiger partial charge in [-0.05, 0) is 46.5 Å². The van der Waals surface area contributed by atoms with Crippen LogP contribution in [0.3, 0.4) is 0 Å². The molecule has 1 fully saturated rings. The second-order valence-electron chi connectivity index (χ2n) is 9.15. The van der Waals surface area contributed by atoms with Gasteiger partial charge in [0.25, 0.3) is 0 Å². The van der Waals surface area contributed by atoms with Crippen LogP contribution >= 0.6 is 23.2 Å². The molecule has 2 amide bonds. The first-order valence-corrected chi connectivity index (χ1v) is 13.2. The average Bonchev–Trinajstić information content (AvgIpc) is 3.59. The van der Waals surface area contributed by atoms with E-state index in [0.717, 1.165) is 5.56 Å². The van der Waals surface area contributed by atoms with Crippen LogP contribution in [0.2, 0.25) is 10.0 Å². The number of rotatable bonds is 11. The van der Waals surface area contributed by atoms with Crippen LogP contribution in [-0.2, 0) is 38.7 Å². The van der Waals surface area contributed by atoms with Gasteiger partial charge in [0.15, 0.2) is 11.6 Å². The summed E-state index contributed by atoms with van der Waals surface area (Å²) < 4.78 is 6.56. The first-order valence-electron chi connectivity index (χ1n) is 12.4. The van der Waals surface area contributed by atoms with Gasteiger partial charge < -0.3 is 15.2 Å². The van der Waals surface area contributed by atoms with Gasteiger partial charge in [-0.25, -0.2) is 9.48 Å². The van der Waals surface area contributed by atoms with E-state index in [9.17, 15) is 24.3 Å². The monoisotopic (exact) mass is 588 g/mol. The van der Waals surface area contributed by atoms with E-state index in [1.807, 2.05) is 30.3 Å². The minimum atomic E-state index is -1.38. The normalized spacial score (nSPS) is 15.4. The first-order chi connectivity index (χ1) is 19.2. The second kappa shape index (κ2) is 13.4. The standard InChI is InChI=1S/C26H26Cl2N6O6/c27-18-8-4-9-19(28)17(18)12-23-30-31-32-34(23)14-22(35)20(13-24(36)37)29-25(38)21-10-5-11-33(21)26(39)40-15-16-6-2-1-3-7-16/h1-4,6-9,20-21H,5,10-15H2,(H,29,38)(H,36,37)/t20?,21-/m0/s1. The van der Waals surface area contributed by atoms with E-state index in [1.165, 1.54) is 9.58 Å². The lowest BCUT2D eigenvalue weighted by Crippen LogP contribution is -2.52. The number of hydrogen-bond acceptors (Lipinski definition) is 8. The second-order valence-corrected chi connectivity index (χ2v) is 9.96. The number of ketones is 1. The number of ether oxygens (including phenoxy) is 1. The Morgan fingerprint density at radius 2 is 1.80 bits per heavy atom. The molecule has 2 N–H and O–H groups in total. The Labute approximate surface area is 239 Å². The molecular weight excluding hydrogens is 563 g/mol. The number of aliphatic carboxylic acids is 1. The number of carbonyl (C=O) groups excluding carboxylic acids is 3. The van der Waals surface area contributed by atoms with E-state index < -0.39 is 48.8 Å². The van der Waals surface area contributed by atoms with E-state index in [0.29, 0.717) is 35.0 Å². The first kappa shape index (κ1) is 29.0. The molecule has 210 valence electrons. The van der Waals surface area contributed by atoms with Crippen LogP contribution in [0.15, 0.2) is 48.5 Å². The third-order valence-corrected chi connectivity index (χ3v) is 7.10. The molecule has 12 nitrogen and oxygen atoms in total. The predicted octanol–water partition coefficient (Wildman–Crippen LogP) is 2.90. The molecule has 1 unspecified atom stereocenters. The van der Waals surface area contributed by atoms with E-state index in [-0.39, 0.29) is 18.9 Å². The molecule has 1 aliphatic heterocycles. The van der Waals surface area contributed by atoms with Gasteiger partial charge in [0.2, 0.25) is 5.91 Å². The van der Waals surface area contributed by atoms with Gasteiger partial charge in [0.1, 0.15) is 19.2 Å². The smallest absolute Gasteiger partial charge is 0.410 e. The van der Waals surface area contributed by atoms with Crippen LogP contribution in [0.1, 0.15) is 36.2 Å². The van der Waals surface area contributed by atoms with Crippen LogP contribution < -0.4 is 5.32 Å². The number of halogens is 2. The topological polar surface area (TPSA) is 157 Å². The highest BCUT2D eigenvalue weighted by atomic mass is 35.5. The number of amides is 2. The van der Waals surface area contributed by atoms with Crippen molar-refractivity contribution < 1.29 is 29.0 Å². The van der Waals surface area contributed by atoms with Crippen molar-refractivity contribution in [3.8, 4) is 0 Å². The Balaban J connectivity index is 1.41. The van der Waals surface area contributed by atoms with E-state index >= 15 is 0 Å². The SMILES string of the molecule is O=C(O)CC(NC(=O)[C@@H]1CCCN1C(=O)OCc1ccccc1)C(=O)Cn1nnnc1Cc1c(Cl)cccc1Cl. The maximum Gasteiger partial charge on any atom is 0.410 e. The van der Waals surface area contributed by atoms with Crippen LogP contribution in [0, 0.1) is 0 Å². The Morgan fingerprint density at radius 3 is 2.50 bits per heavy atom. The summed E-state index contributed by atoms with van der Waals surface area (Å²) in [7, 11) is 0. The fraction of sp³-hybridized carbons (Fsp3) is 0.346. The van der Waals surface area contributed by atoms with Gasteiger partial charge in [-0.3, -0.25) is 19.3 Å². The number of nitrogens with zero attached hydrogens (tertiary/aromatic N) is 5. The zero-order chi connectivity index (χ0) is 28.6. The number of tetrazole rings is 1. The lowest BCUT2D eigenvalue weighted by Gasteiger charge is -2.25. The summed E-state index contributed by atoms with van der Waals surface area (Å²) in [6.07, 6.45) is -0.315. The highest BCUT2D eigenvalue weighted by Gasteiger charge is 2.37. The molecule has 14 heteroatoms. The molecule has 0 saturated carbocycles. The van der Waals surface area contributed by atoms with Crippen molar-refractivity contribution in [1.29, 1.82) is 0 Å². The predicted molar refractivity (Wildman–Crippen MR) is 143 cm³/mol. The maximum absolute atomic E-state index is 13.2. The number of benzene rings is 2. The summed E-state index contributed by atoms with van der Waals surface area (Å²) in [5, 5.41) is 24.1. The van der Waals surface area contributed by atoms with E-state index in [2.05, 4.69) is 20.8 Å². The number of carboxylic acid groups (broad SMARTS) is 1. The molecule has 0 spiro atoms. The molecule has 0 bridgehead atoms. The molecule has 1 aliphatic rings. The molecule has 1 aromatic heterocycles. The fourth-order valence-corrected chi connectivity index (χ4v) is 4.87. The Hall–Kier alpha value is -4.03. The van der Waals surface area contributed by atoms with Gasteiger partial charge >= 0.3 is 12.1 Å². The average molecular weight is 589 g/mol. The van der Waals surface area contributed by atoms with Gasteiger partial charge in [-0.1, -0.05) is 59.6 Å². The van der Waals surface area contributed by atoms with Crippen molar-refractivity contribution in [3.63, 3.8) is 0 Å². The van der Waals surface area contributed by atoms with Gasteiger partial charge in [-0.2, -0.15) is 0 Å². The summed E-state index contributed by atoms with van der Waals surface area (Å²) in [4.78, 5) is 51.8. The minimum Gasteiger partial charge on any atom is -0.481 e. The highest BCUT2D eigenvalue weighted by Crippen LogP contribution is 2.26. The number of carboxylic acids is 1. The number of aromatic nitrogens is 4. The quantitative estimate of drug-likeness (QED) is 0.343. The maximum atomic E-state index is 13.2. The summed E-state index contributed by atoms with van der Waals surface area (Å²) in [5.41, 5.74) is 1.35. The number of Topliss-reactive ketones (excluding diaryl/α,β-unsaturated/α-hetero) is 1. The molecule has 2 aromatic carbocycles. The highest BCUT2D eigenvalue weighted by molar-refractivity contribution is 6.36. The van der Waals surface area contributed by atoms with Crippen molar-refractivity contribution in [1.82, 2.24) is 30.4 Å². The summed E-state index contributed by atoms with van der Waals surface area (Å²) in [5.74, 6) is -2.30. The van der Waals surface area contributed by atoms with Crippen molar-refractivity contribution in [2.45, 2.75) is 50.9 Å². The van der Waals surface area contributed by atoms with Crippen molar-refractivity contribution >= 4 is 47.0 Å². The summed E-state index contributed by atoms with van der Waals surface area (Å²) in [6, 6.07) is 11.8. The minimum absolute atomic E-state index is 0.0400. The molecule has 2 atom stereocenters. The van der Waals surface area contributed by atoms with Crippen molar-refractivity contribution in [2.24, 2.45) is 0 Å². The summed E-state index contributed by atoms with van der Waals surface area (Å²) in [6.45, 7) is -0.0731. The Kier molecular flexibility index (Phi) is 9.67. The van der Waals surface area contributed by atoms with Crippen LogP contribution in [0.25, 0.3) is 0 Å². The zero-order valence-corrected chi connectivity index (χ0v) is 22.7. The lowest BCUT2D eigenvalue weighted by molar-refractivity contribution is -0.140. The molecule has 0 radical (unpaired) electrons. The van der Waals surface area contributed by atoms with Crippen LogP contribution in [0.5, 0.6) is 0 Å². The third kappa shape index (κ3) is 7.33. The van der Waals surface area contributed by atoms with Crippen molar-refractivity contribution in [2.75, 3.05) is 6.54 Å². The van der Waals surface area contributed by atoms with Gasteiger partial charge in [0, 0.05) is 23.0 Å². The van der Waals surface area contributed by atoms with Crippen LogP contribution in [-0.4, -0.2) is 72.6 Å². The summed E-state index contributed by atoms with van der Waals surface area (Å²) >= 11 is 12.5. The molecule has 40 heavy (non-hydrogen) atoms. The largest absolute Gasteiger partial charge is 0.481 e. The molecule has 2 heterocycles. The van der Waals surface area contributed by atoms with Gasteiger partial charge in [-0.15, -0.1) is 5.10 Å². The Bertz CT molecular complexity index is 1360. The number of likely N-dealkylation sites (tertiary alicyclic amines) is 1. The van der Waals surface area contributed by atoms with Crippen molar-refractivity contribution in [3.05, 3.63) is 75.5 Å². The van der Waals surface area contributed by atoms with E-state index in [1.54, 1.807) is 18.2 Å².